The molecule has 3 rings (SSSR count). The summed E-state index contributed by atoms with van der Waals surface area (Å²) in [5, 5.41) is 3.27. The molecule has 0 saturated carbocycles. The number of rotatable bonds is 4. The van der Waals surface area contributed by atoms with E-state index in [1.54, 1.807) is 18.0 Å². The van der Waals surface area contributed by atoms with E-state index in [0.717, 1.165) is 17.3 Å². The van der Waals surface area contributed by atoms with Crippen molar-refractivity contribution >= 4 is 11.7 Å². The number of carbonyl (C=O) groups is 1. The number of anilines is 1. The van der Waals surface area contributed by atoms with Gasteiger partial charge in [-0.3, -0.25) is 4.79 Å². The Hall–Kier alpha value is -2.48. The number of morpholine rings is 1. The zero-order chi connectivity index (χ0) is 17.1. The van der Waals surface area contributed by atoms with Crippen LogP contribution in [-0.2, 0) is 23.1 Å². The number of hydrogen-bond acceptors (Lipinski definition) is 6. The summed E-state index contributed by atoms with van der Waals surface area (Å²) in [5.74, 6) is 2.37. The molecular formula is C16H22N6O2. The molecule has 3 heterocycles. The summed E-state index contributed by atoms with van der Waals surface area (Å²) in [4.78, 5) is 26.6. The van der Waals surface area contributed by atoms with Crippen LogP contribution in [0.5, 0.6) is 0 Å². The number of nitrogens with one attached hydrogen (secondary N) is 1. The number of aromatic nitrogens is 4. The van der Waals surface area contributed by atoms with Crippen LogP contribution in [0, 0.1) is 6.92 Å². The Morgan fingerprint density at radius 2 is 2.29 bits per heavy atom. The minimum Gasteiger partial charge on any atom is -0.368 e. The molecule has 0 radical (unpaired) electrons. The molecule has 1 atom stereocenters. The van der Waals surface area contributed by atoms with Crippen molar-refractivity contribution in [2.75, 3.05) is 25.0 Å². The molecule has 0 unspecified atom stereocenters. The van der Waals surface area contributed by atoms with Crippen LogP contribution in [-0.4, -0.2) is 50.0 Å². The second kappa shape index (κ2) is 6.96. The molecule has 128 valence electrons. The highest BCUT2D eigenvalue weighted by Gasteiger charge is 2.25. The predicted octanol–water partition coefficient (Wildman–Crippen LogP) is 1.05. The van der Waals surface area contributed by atoms with Crippen molar-refractivity contribution in [3.8, 4) is 0 Å². The van der Waals surface area contributed by atoms with Crippen molar-refractivity contribution in [2.45, 2.75) is 26.5 Å². The number of ether oxygens (including phenoxy) is 1. The van der Waals surface area contributed by atoms with Crippen LogP contribution in [0.3, 0.4) is 0 Å². The van der Waals surface area contributed by atoms with Crippen molar-refractivity contribution in [1.29, 1.82) is 0 Å². The quantitative estimate of drug-likeness (QED) is 0.902. The average molecular weight is 330 g/mol. The van der Waals surface area contributed by atoms with Crippen molar-refractivity contribution in [3.05, 3.63) is 35.8 Å². The van der Waals surface area contributed by atoms with E-state index in [0.29, 0.717) is 32.1 Å². The van der Waals surface area contributed by atoms with E-state index in [1.165, 1.54) is 0 Å². The highest BCUT2D eigenvalue weighted by Crippen LogP contribution is 2.22. The van der Waals surface area contributed by atoms with Crippen LogP contribution >= 0.6 is 0 Å². The Bertz CT molecular complexity index is 729. The van der Waals surface area contributed by atoms with Crippen LogP contribution in [0.2, 0.25) is 0 Å². The lowest BCUT2D eigenvalue weighted by atomic mass is 10.2. The topological polar surface area (TPSA) is 85.2 Å². The van der Waals surface area contributed by atoms with Crippen LogP contribution in [0.15, 0.2) is 18.5 Å². The highest BCUT2D eigenvalue weighted by atomic mass is 16.5. The van der Waals surface area contributed by atoms with Crippen LogP contribution in [0.25, 0.3) is 0 Å². The van der Waals surface area contributed by atoms with Gasteiger partial charge in [0.2, 0.25) is 5.91 Å². The van der Waals surface area contributed by atoms with Gasteiger partial charge < -0.3 is 19.5 Å². The monoisotopic (exact) mass is 330 g/mol. The molecule has 1 aliphatic rings. The summed E-state index contributed by atoms with van der Waals surface area (Å²) in [6.07, 6.45) is 3.44. The summed E-state index contributed by atoms with van der Waals surface area (Å²) < 4.78 is 7.75. The normalized spacial score (nSPS) is 17.8. The van der Waals surface area contributed by atoms with Gasteiger partial charge in [-0.2, -0.15) is 0 Å². The Morgan fingerprint density at radius 1 is 1.46 bits per heavy atom. The predicted molar refractivity (Wildman–Crippen MR) is 88.3 cm³/mol. The molecule has 24 heavy (non-hydrogen) atoms. The maximum atomic E-state index is 11.6. The summed E-state index contributed by atoms with van der Waals surface area (Å²) in [6, 6.07) is 1.88. The fraction of sp³-hybridized carbons (Fsp3) is 0.500. The van der Waals surface area contributed by atoms with Crippen molar-refractivity contribution < 1.29 is 9.53 Å². The third kappa shape index (κ3) is 3.70. The fourth-order valence-corrected chi connectivity index (χ4v) is 2.70. The maximum absolute atomic E-state index is 11.6. The smallest absolute Gasteiger partial charge is 0.219 e. The zero-order valence-corrected chi connectivity index (χ0v) is 14.2. The molecule has 1 N–H and O–H groups in total. The van der Waals surface area contributed by atoms with E-state index in [1.807, 2.05) is 30.8 Å². The fourth-order valence-electron chi connectivity index (χ4n) is 2.70. The Morgan fingerprint density at radius 3 is 3.00 bits per heavy atom. The SMILES string of the molecule is CC(=O)N1CCO[C@@H](c2cc(NCc3nccn3C)nc(C)n2)C1. The Labute approximate surface area is 140 Å². The average Bonchev–Trinajstić information content (AvgIpc) is 2.97. The molecular weight excluding hydrogens is 308 g/mol. The third-order valence-corrected chi connectivity index (χ3v) is 4.05. The minimum atomic E-state index is -0.224. The Kier molecular flexibility index (Phi) is 4.75. The molecule has 1 fully saturated rings. The standard InChI is InChI=1S/C16H22N6O2/c1-11-19-13(14-10-22(12(2)23)6-7-24-14)8-15(20-11)18-9-16-17-4-5-21(16)3/h4-5,8,14H,6-7,9-10H2,1-3H3,(H,18,19,20)/t14-/m1/s1. The van der Waals surface area contributed by atoms with E-state index in [-0.39, 0.29) is 12.0 Å². The second-order valence-corrected chi connectivity index (χ2v) is 5.86. The first-order chi connectivity index (χ1) is 11.5. The number of amides is 1. The second-order valence-electron chi connectivity index (χ2n) is 5.86. The molecule has 8 nitrogen and oxygen atoms in total. The van der Waals surface area contributed by atoms with Gasteiger partial charge in [0.05, 0.1) is 25.4 Å². The zero-order valence-electron chi connectivity index (χ0n) is 14.2. The first-order valence-corrected chi connectivity index (χ1v) is 7.95. The van der Waals surface area contributed by atoms with Crippen molar-refractivity contribution in [3.63, 3.8) is 0 Å². The largest absolute Gasteiger partial charge is 0.368 e. The van der Waals surface area contributed by atoms with Crippen LogP contribution in [0.4, 0.5) is 5.82 Å². The first-order valence-electron chi connectivity index (χ1n) is 7.95. The van der Waals surface area contributed by atoms with E-state index in [4.69, 9.17) is 4.74 Å². The number of aryl methyl sites for hydroxylation is 2. The highest BCUT2D eigenvalue weighted by molar-refractivity contribution is 5.73. The summed E-state index contributed by atoms with van der Waals surface area (Å²) in [7, 11) is 1.95. The number of carbonyl (C=O) groups excluding carboxylic acids is 1. The summed E-state index contributed by atoms with van der Waals surface area (Å²) in [5.41, 5.74) is 0.788. The van der Waals surface area contributed by atoms with Crippen molar-refractivity contribution in [2.24, 2.45) is 7.05 Å². The Balaban J connectivity index is 1.73. The van der Waals surface area contributed by atoms with E-state index in [2.05, 4.69) is 20.3 Å². The molecule has 2 aromatic heterocycles. The van der Waals surface area contributed by atoms with Crippen molar-refractivity contribution in [1.82, 2.24) is 24.4 Å². The minimum absolute atomic E-state index is 0.0576. The number of imidazole rings is 1. The van der Waals surface area contributed by atoms with Gasteiger partial charge in [0.1, 0.15) is 23.6 Å². The molecule has 8 heteroatoms. The molecule has 2 aromatic rings. The van der Waals surface area contributed by atoms with Gasteiger partial charge in [0, 0.05) is 39.0 Å². The molecule has 1 aliphatic heterocycles. The van der Waals surface area contributed by atoms with Gasteiger partial charge in [-0.25, -0.2) is 15.0 Å². The van der Waals surface area contributed by atoms with Gasteiger partial charge in [0.25, 0.3) is 0 Å². The van der Waals surface area contributed by atoms with E-state index in [9.17, 15) is 4.79 Å². The molecule has 0 aliphatic carbocycles. The molecule has 1 amide bonds. The van der Waals surface area contributed by atoms with E-state index < -0.39 is 0 Å². The molecule has 1 saturated heterocycles. The van der Waals surface area contributed by atoms with E-state index >= 15 is 0 Å². The lowest BCUT2D eigenvalue weighted by molar-refractivity contribution is -0.136. The van der Waals surface area contributed by atoms with Gasteiger partial charge in [0.15, 0.2) is 0 Å². The number of hydrogen-bond donors (Lipinski definition) is 1. The van der Waals surface area contributed by atoms with Gasteiger partial charge in [-0.1, -0.05) is 0 Å². The van der Waals surface area contributed by atoms with Crippen LogP contribution in [0.1, 0.15) is 30.4 Å². The lowest BCUT2D eigenvalue weighted by Crippen LogP contribution is -2.41. The third-order valence-electron chi connectivity index (χ3n) is 4.05. The summed E-state index contributed by atoms with van der Waals surface area (Å²) in [6.45, 7) is 5.66. The van der Waals surface area contributed by atoms with Crippen LogP contribution < -0.4 is 5.32 Å². The first kappa shape index (κ1) is 16.4. The number of nitrogens with zero attached hydrogens (tertiary/aromatic N) is 5. The van der Waals surface area contributed by atoms with Gasteiger partial charge >= 0.3 is 0 Å². The van der Waals surface area contributed by atoms with Gasteiger partial charge in [-0.05, 0) is 6.92 Å². The molecule has 0 bridgehead atoms. The molecule has 0 aromatic carbocycles. The lowest BCUT2D eigenvalue weighted by Gasteiger charge is -2.32. The van der Waals surface area contributed by atoms with Gasteiger partial charge in [-0.15, -0.1) is 0 Å². The molecule has 0 spiro atoms. The maximum Gasteiger partial charge on any atom is 0.219 e. The summed E-state index contributed by atoms with van der Waals surface area (Å²) >= 11 is 0.